The van der Waals surface area contributed by atoms with Gasteiger partial charge in [0, 0.05) is 29.7 Å². The van der Waals surface area contributed by atoms with Gasteiger partial charge in [-0.05, 0) is 54.4 Å². The van der Waals surface area contributed by atoms with E-state index in [9.17, 15) is 14.0 Å². The van der Waals surface area contributed by atoms with Gasteiger partial charge >= 0.3 is 0 Å². The van der Waals surface area contributed by atoms with Crippen LogP contribution in [0.15, 0.2) is 66.9 Å². The summed E-state index contributed by atoms with van der Waals surface area (Å²) in [6.07, 6.45) is 2.25. The lowest BCUT2D eigenvalue weighted by Gasteiger charge is -2.17. The number of hydrogen-bond donors (Lipinski definition) is 1. The Hall–Kier alpha value is -3.54. The topological polar surface area (TPSA) is 62.3 Å². The molecule has 1 aromatic heterocycles. The van der Waals surface area contributed by atoms with E-state index in [1.54, 1.807) is 11.0 Å². The van der Waals surface area contributed by atoms with E-state index in [1.165, 1.54) is 36.5 Å². The lowest BCUT2D eigenvalue weighted by atomic mass is 10.1. The molecule has 27 heavy (non-hydrogen) atoms. The van der Waals surface area contributed by atoms with Gasteiger partial charge in [0.2, 0.25) is 0 Å². The summed E-state index contributed by atoms with van der Waals surface area (Å²) in [6.45, 7) is 0.609. The van der Waals surface area contributed by atoms with E-state index < -0.39 is 5.91 Å². The Balaban J connectivity index is 1.55. The van der Waals surface area contributed by atoms with Gasteiger partial charge in [-0.15, -0.1) is 0 Å². The number of para-hydroxylation sites is 1. The lowest BCUT2D eigenvalue weighted by Crippen LogP contribution is -2.29. The van der Waals surface area contributed by atoms with Crippen LogP contribution in [0.1, 0.15) is 26.4 Å². The van der Waals surface area contributed by atoms with Crippen molar-refractivity contribution in [1.82, 2.24) is 4.98 Å². The number of carbonyl (C=O) groups is 2. The second-order valence-electron chi connectivity index (χ2n) is 6.23. The quantitative estimate of drug-likeness (QED) is 0.774. The van der Waals surface area contributed by atoms with Crippen LogP contribution in [0.2, 0.25) is 0 Å². The average molecular weight is 361 g/mol. The predicted molar refractivity (Wildman–Crippen MR) is 100 cm³/mol. The van der Waals surface area contributed by atoms with E-state index in [-0.39, 0.29) is 17.4 Å². The van der Waals surface area contributed by atoms with E-state index in [0.717, 1.165) is 17.7 Å². The molecule has 0 aliphatic carbocycles. The first-order valence-corrected chi connectivity index (χ1v) is 8.54. The van der Waals surface area contributed by atoms with Crippen molar-refractivity contribution >= 4 is 23.2 Å². The first-order valence-electron chi connectivity index (χ1n) is 8.54. The molecule has 6 heteroatoms. The third kappa shape index (κ3) is 3.42. The van der Waals surface area contributed by atoms with Crippen LogP contribution in [0.3, 0.4) is 0 Å². The summed E-state index contributed by atoms with van der Waals surface area (Å²) < 4.78 is 13.0. The molecule has 0 saturated carbocycles. The molecule has 134 valence electrons. The fourth-order valence-corrected chi connectivity index (χ4v) is 3.12. The maximum atomic E-state index is 13.0. The second-order valence-corrected chi connectivity index (χ2v) is 6.23. The highest BCUT2D eigenvalue weighted by molar-refractivity contribution is 6.09. The minimum Gasteiger partial charge on any atom is -0.321 e. The molecule has 2 aromatic carbocycles. The van der Waals surface area contributed by atoms with Crippen molar-refractivity contribution in [1.29, 1.82) is 0 Å². The average Bonchev–Trinajstić information content (AvgIpc) is 3.13. The number of halogens is 1. The lowest BCUT2D eigenvalue weighted by molar-refractivity contribution is 0.0989. The van der Waals surface area contributed by atoms with Gasteiger partial charge in [0.15, 0.2) is 0 Å². The highest BCUT2D eigenvalue weighted by atomic mass is 19.1. The third-order valence-electron chi connectivity index (χ3n) is 4.47. The summed E-state index contributed by atoms with van der Waals surface area (Å²) in [6, 6.07) is 16.3. The molecule has 3 aromatic rings. The number of nitrogens with zero attached hydrogens (tertiary/aromatic N) is 2. The fourth-order valence-electron chi connectivity index (χ4n) is 3.12. The summed E-state index contributed by atoms with van der Waals surface area (Å²) in [5.41, 5.74) is 3.00. The van der Waals surface area contributed by atoms with Crippen molar-refractivity contribution in [2.24, 2.45) is 0 Å². The number of amides is 2. The van der Waals surface area contributed by atoms with E-state index >= 15 is 0 Å². The predicted octanol–water partition coefficient (Wildman–Crippen LogP) is 3.68. The van der Waals surface area contributed by atoms with Gasteiger partial charge in [-0.3, -0.25) is 14.6 Å². The van der Waals surface area contributed by atoms with Gasteiger partial charge in [0.25, 0.3) is 11.8 Å². The number of fused-ring (bicyclic) bond motifs is 1. The van der Waals surface area contributed by atoms with Crippen LogP contribution < -0.4 is 10.2 Å². The molecule has 4 rings (SSSR count). The Morgan fingerprint density at radius 1 is 1.04 bits per heavy atom. The number of aromatic nitrogens is 1. The van der Waals surface area contributed by atoms with Gasteiger partial charge < -0.3 is 10.2 Å². The molecule has 5 nitrogen and oxygen atoms in total. The highest BCUT2D eigenvalue weighted by Crippen LogP contribution is 2.28. The molecule has 2 heterocycles. The highest BCUT2D eigenvalue weighted by Gasteiger charge is 2.25. The van der Waals surface area contributed by atoms with Crippen LogP contribution in [0.5, 0.6) is 0 Å². The SMILES string of the molecule is O=C(Nc1ccc(F)cc1)c1cc(C(=O)N2CCc3ccccc32)ccn1. The van der Waals surface area contributed by atoms with Gasteiger partial charge in [0.05, 0.1) is 0 Å². The molecule has 0 bridgehead atoms. The van der Waals surface area contributed by atoms with Crippen LogP contribution >= 0.6 is 0 Å². The fraction of sp³-hybridized carbons (Fsp3) is 0.0952. The number of benzene rings is 2. The molecule has 0 spiro atoms. The zero-order chi connectivity index (χ0) is 18.8. The molecule has 0 unspecified atom stereocenters. The summed E-state index contributed by atoms with van der Waals surface area (Å²) in [4.78, 5) is 31.1. The summed E-state index contributed by atoms with van der Waals surface area (Å²) in [5, 5.41) is 2.64. The van der Waals surface area contributed by atoms with Crippen molar-refractivity contribution in [3.8, 4) is 0 Å². The minimum absolute atomic E-state index is 0.123. The zero-order valence-electron chi connectivity index (χ0n) is 14.4. The Kier molecular flexibility index (Phi) is 4.38. The van der Waals surface area contributed by atoms with Crippen molar-refractivity contribution in [2.75, 3.05) is 16.8 Å². The van der Waals surface area contributed by atoms with Gasteiger partial charge in [0.1, 0.15) is 11.5 Å². The number of hydrogen-bond acceptors (Lipinski definition) is 3. The van der Waals surface area contributed by atoms with Crippen LogP contribution in [-0.4, -0.2) is 23.3 Å². The Labute approximate surface area is 155 Å². The number of rotatable bonds is 3. The van der Waals surface area contributed by atoms with E-state index in [4.69, 9.17) is 0 Å². The zero-order valence-corrected chi connectivity index (χ0v) is 14.4. The van der Waals surface area contributed by atoms with E-state index in [1.807, 2.05) is 24.3 Å². The molecule has 0 fully saturated rings. The second kappa shape index (κ2) is 6.99. The van der Waals surface area contributed by atoms with E-state index in [2.05, 4.69) is 10.3 Å². The van der Waals surface area contributed by atoms with E-state index in [0.29, 0.717) is 17.8 Å². The van der Waals surface area contributed by atoms with Crippen molar-refractivity contribution in [2.45, 2.75) is 6.42 Å². The number of carbonyl (C=O) groups excluding carboxylic acids is 2. The Bertz CT molecular complexity index is 1020. The molecule has 1 aliphatic rings. The summed E-state index contributed by atoms with van der Waals surface area (Å²) >= 11 is 0. The molecule has 0 radical (unpaired) electrons. The first kappa shape index (κ1) is 16.9. The number of anilines is 2. The van der Waals surface area contributed by atoms with Crippen LogP contribution in [0.4, 0.5) is 15.8 Å². The molecule has 0 saturated heterocycles. The summed E-state index contributed by atoms with van der Waals surface area (Å²) in [7, 11) is 0. The van der Waals surface area contributed by atoms with Gasteiger partial charge in [-0.2, -0.15) is 0 Å². The molecule has 1 aliphatic heterocycles. The molecular formula is C21H16FN3O2. The molecule has 0 atom stereocenters. The Morgan fingerprint density at radius 3 is 2.63 bits per heavy atom. The van der Waals surface area contributed by atoms with Crippen LogP contribution in [-0.2, 0) is 6.42 Å². The van der Waals surface area contributed by atoms with Crippen molar-refractivity contribution in [3.05, 3.63) is 89.5 Å². The largest absolute Gasteiger partial charge is 0.321 e. The molecule has 1 N–H and O–H groups in total. The number of nitrogens with one attached hydrogen (secondary N) is 1. The molecular weight excluding hydrogens is 345 g/mol. The van der Waals surface area contributed by atoms with Crippen molar-refractivity contribution in [3.63, 3.8) is 0 Å². The monoisotopic (exact) mass is 361 g/mol. The maximum absolute atomic E-state index is 13.0. The Morgan fingerprint density at radius 2 is 1.81 bits per heavy atom. The first-order chi connectivity index (χ1) is 13.1. The van der Waals surface area contributed by atoms with Crippen LogP contribution in [0.25, 0.3) is 0 Å². The summed E-state index contributed by atoms with van der Waals surface area (Å²) in [5.74, 6) is -1.01. The minimum atomic E-state index is -0.460. The third-order valence-corrected chi connectivity index (χ3v) is 4.47. The molecule has 2 amide bonds. The van der Waals surface area contributed by atoms with Crippen molar-refractivity contribution < 1.29 is 14.0 Å². The normalized spacial score (nSPS) is 12.6. The smallest absolute Gasteiger partial charge is 0.274 e. The number of pyridine rings is 1. The van der Waals surface area contributed by atoms with Gasteiger partial charge in [-0.25, -0.2) is 4.39 Å². The van der Waals surface area contributed by atoms with Crippen LogP contribution in [0, 0.1) is 5.82 Å². The van der Waals surface area contributed by atoms with Gasteiger partial charge in [-0.1, -0.05) is 18.2 Å². The standard InChI is InChI=1S/C21H16FN3O2/c22-16-5-7-17(8-6-16)24-20(26)18-13-15(9-11-23-18)21(27)25-12-10-14-3-1-2-4-19(14)25/h1-9,11,13H,10,12H2,(H,24,26). The maximum Gasteiger partial charge on any atom is 0.274 e.